The predicted molar refractivity (Wildman–Crippen MR) is 80.3 cm³/mol. The molecular weight excluding hydrogens is 334 g/mol. The van der Waals surface area contributed by atoms with Gasteiger partial charge >= 0.3 is 0 Å². The monoisotopic (exact) mass is 349 g/mol. The molecule has 1 aromatic heterocycles. The summed E-state index contributed by atoms with van der Waals surface area (Å²) in [5.74, 6) is 1.45. The third-order valence-corrected chi connectivity index (χ3v) is 4.46. The highest BCUT2D eigenvalue weighted by molar-refractivity contribution is 9.10. The average molecular weight is 350 g/mol. The van der Waals surface area contributed by atoms with Crippen molar-refractivity contribution in [3.8, 4) is 5.75 Å². The molecule has 0 radical (unpaired) electrons. The van der Waals surface area contributed by atoms with Crippen molar-refractivity contribution in [2.75, 3.05) is 13.2 Å². The fourth-order valence-electron chi connectivity index (χ4n) is 2.64. The molecule has 6 heteroatoms. The van der Waals surface area contributed by atoms with Crippen LogP contribution in [0.25, 0.3) is 0 Å². The van der Waals surface area contributed by atoms with E-state index in [0.717, 1.165) is 21.6 Å². The molecule has 4 rings (SSSR count). The lowest BCUT2D eigenvalue weighted by Crippen LogP contribution is -2.29. The van der Waals surface area contributed by atoms with Crippen LogP contribution in [0.4, 0.5) is 0 Å². The van der Waals surface area contributed by atoms with Crippen molar-refractivity contribution in [1.82, 2.24) is 15.0 Å². The Bertz CT molecular complexity index is 637. The smallest absolute Gasteiger partial charge is 0.119 e. The molecule has 1 fully saturated rings. The Kier molecular flexibility index (Phi) is 3.43. The van der Waals surface area contributed by atoms with E-state index in [-0.39, 0.29) is 6.04 Å². The maximum Gasteiger partial charge on any atom is 0.119 e. The van der Waals surface area contributed by atoms with Gasteiger partial charge in [-0.05, 0) is 37.1 Å². The Morgan fingerprint density at radius 2 is 2.10 bits per heavy atom. The zero-order valence-electron chi connectivity index (χ0n) is 11.5. The van der Waals surface area contributed by atoms with Gasteiger partial charge in [0, 0.05) is 10.4 Å². The number of nitrogens with zero attached hydrogens (tertiary/aromatic N) is 3. The molecule has 0 spiro atoms. The van der Waals surface area contributed by atoms with Gasteiger partial charge in [-0.3, -0.25) is 0 Å². The van der Waals surface area contributed by atoms with Crippen molar-refractivity contribution in [3.05, 3.63) is 40.1 Å². The zero-order chi connectivity index (χ0) is 14.2. The van der Waals surface area contributed by atoms with Crippen LogP contribution in [-0.4, -0.2) is 28.2 Å². The standard InChI is InChI=1S/C15H16BrN3O2/c16-11-3-5-13(6-4-11)21-8-12-7-20-9-14-15(10-1-2-10)17-18-19(12)14/h3-6,10,12H,1-2,7-9H2. The Morgan fingerprint density at radius 1 is 1.29 bits per heavy atom. The number of fused-ring (bicyclic) bond motifs is 1. The van der Waals surface area contributed by atoms with Crippen molar-refractivity contribution in [1.29, 1.82) is 0 Å². The molecular formula is C15H16BrN3O2. The van der Waals surface area contributed by atoms with Gasteiger partial charge in [-0.2, -0.15) is 0 Å². The molecule has 5 nitrogen and oxygen atoms in total. The summed E-state index contributed by atoms with van der Waals surface area (Å²) in [6, 6.07) is 7.94. The van der Waals surface area contributed by atoms with E-state index in [1.165, 1.54) is 12.8 Å². The van der Waals surface area contributed by atoms with Crippen LogP contribution in [-0.2, 0) is 11.3 Å². The van der Waals surface area contributed by atoms with Crippen LogP contribution in [0.2, 0.25) is 0 Å². The minimum atomic E-state index is 0.0948. The summed E-state index contributed by atoms with van der Waals surface area (Å²) in [5, 5.41) is 8.67. The molecule has 0 N–H and O–H groups in total. The number of ether oxygens (including phenoxy) is 2. The van der Waals surface area contributed by atoms with Crippen molar-refractivity contribution < 1.29 is 9.47 Å². The topological polar surface area (TPSA) is 49.2 Å². The van der Waals surface area contributed by atoms with Gasteiger partial charge in [-0.1, -0.05) is 21.1 Å². The number of aromatic nitrogens is 3. The van der Waals surface area contributed by atoms with Crippen LogP contribution in [0.15, 0.2) is 28.7 Å². The van der Waals surface area contributed by atoms with Crippen molar-refractivity contribution in [2.45, 2.75) is 31.4 Å². The van der Waals surface area contributed by atoms with Gasteiger partial charge in [0.25, 0.3) is 0 Å². The fourth-order valence-corrected chi connectivity index (χ4v) is 2.90. The number of halogens is 1. The summed E-state index contributed by atoms with van der Waals surface area (Å²) in [7, 11) is 0. The second kappa shape index (κ2) is 5.42. The molecule has 1 atom stereocenters. The normalized spacial score (nSPS) is 21.1. The number of hydrogen-bond acceptors (Lipinski definition) is 4. The highest BCUT2D eigenvalue weighted by atomic mass is 79.9. The van der Waals surface area contributed by atoms with E-state index in [1.54, 1.807) is 0 Å². The Balaban J connectivity index is 1.48. The fraction of sp³-hybridized carbons (Fsp3) is 0.467. The van der Waals surface area contributed by atoms with Crippen LogP contribution < -0.4 is 4.74 Å². The molecule has 1 saturated carbocycles. The third-order valence-electron chi connectivity index (χ3n) is 3.94. The summed E-state index contributed by atoms with van der Waals surface area (Å²) >= 11 is 3.42. The van der Waals surface area contributed by atoms with Gasteiger partial charge in [0.15, 0.2) is 0 Å². The van der Waals surface area contributed by atoms with Crippen LogP contribution >= 0.6 is 15.9 Å². The highest BCUT2D eigenvalue weighted by Gasteiger charge is 2.34. The number of rotatable bonds is 4. The molecule has 0 bridgehead atoms. The summed E-state index contributed by atoms with van der Waals surface area (Å²) in [4.78, 5) is 0. The molecule has 0 saturated heterocycles. The molecule has 1 aliphatic heterocycles. The van der Waals surface area contributed by atoms with Gasteiger partial charge in [0.2, 0.25) is 0 Å². The second-order valence-electron chi connectivity index (χ2n) is 5.57. The quantitative estimate of drug-likeness (QED) is 0.850. The average Bonchev–Trinajstić information content (AvgIpc) is 3.26. The largest absolute Gasteiger partial charge is 0.491 e. The van der Waals surface area contributed by atoms with E-state index < -0.39 is 0 Å². The van der Waals surface area contributed by atoms with E-state index in [1.807, 2.05) is 28.9 Å². The van der Waals surface area contributed by atoms with E-state index in [2.05, 4.69) is 26.2 Å². The number of hydrogen-bond donors (Lipinski definition) is 0. The number of benzene rings is 1. The molecule has 1 aliphatic carbocycles. The molecule has 2 heterocycles. The maximum atomic E-state index is 5.85. The van der Waals surface area contributed by atoms with Gasteiger partial charge in [-0.15, -0.1) is 5.10 Å². The van der Waals surface area contributed by atoms with Crippen molar-refractivity contribution in [3.63, 3.8) is 0 Å². The molecule has 1 aromatic carbocycles. The van der Waals surface area contributed by atoms with E-state index >= 15 is 0 Å². The van der Waals surface area contributed by atoms with Gasteiger partial charge in [0.1, 0.15) is 18.4 Å². The molecule has 1 unspecified atom stereocenters. The van der Waals surface area contributed by atoms with Crippen LogP contribution in [0.1, 0.15) is 36.2 Å². The zero-order valence-corrected chi connectivity index (χ0v) is 13.1. The van der Waals surface area contributed by atoms with Crippen molar-refractivity contribution >= 4 is 15.9 Å². The molecule has 2 aliphatic rings. The minimum absolute atomic E-state index is 0.0948. The first-order valence-corrected chi connectivity index (χ1v) is 8.00. The first-order valence-electron chi connectivity index (χ1n) is 7.21. The second-order valence-corrected chi connectivity index (χ2v) is 6.49. The summed E-state index contributed by atoms with van der Waals surface area (Å²) in [6.45, 7) is 1.78. The minimum Gasteiger partial charge on any atom is -0.491 e. The van der Waals surface area contributed by atoms with E-state index in [9.17, 15) is 0 Å². The highest BCUT2D eigenvalue weighted by Crippen LogP contribution is 2.41. The lowest BCUT2D eigenvalue weighted by Gasteiger charge is -2.24. The van der Waals surface area contributed by atoms with Gasteiger partial charge < -0.3 is 9.47 Å². The molecule has 21 heavy (non-hydrogen) atoms. The predicted octanol–water partition coefficient (Wildman–Crippen LogP) is 3.07. The Labute approximate surface area is 131 Å². The Hall–Kier alpha value is -1.40. The van der Waals surface area contributed by atoms with Gasteiger partial charge in [-0.25, -0.2) is 4.68 Å². The van der Waals surface area contributed by atoms with Crippen molar-refractivity contribution in [2.24, 2.45) is 0 Å². The summed E-state index contributed by atoms with van der Waals surface area (Å²) in [6.07, 6.45) is 2.46. The molecule has 0 amide bonds. The summed E-state index contributed by atoms with van der Waals surface area (Å²) in [5.41, 5.74) is 2.26. The molecule has 110 valence electrons. The maximum absolute atomic E-state index is 5.85. The first-order chi connectivity index (χ1) is 10.3. The van der Waals surface area contributed by atoms with Crippen LogP contribution in [0.5, 0.6) is 5.75 Å². The lowest BCUT2D eigenvalue weighted by molar-refractivity contribution is 0.0333. The Morgan fingerprint density at radius 3 is 2.86 bits per heavy atom. The van der Waals surface area contributed by atoms with E-state index in [4.69, 9.17) is 9.47 Å². The van der Waals surface area contributed by atoms with Crippen LogP contribution in [0.3, 0.4) is 0 Å². The van der Waals surface area contributed by atoms with Crippen LogP contribution in [0, 0.1) is 0 Å². The van der Waals surface area contributed by atoms with Gasteiger partial charge in [0.05, 0.1) is 24.6 Å². The lowest BCUT2D eigenvalue weighted by atomic mass is 10.2. The van der Waals surface area contributed by atoms with E-state index in [0.29, 0.717) is 25.7 Å². The summed E-state index contributed by atoms with van der Waals surface area (Å²) < 4.78 is 14.6. The molecule has 2 aromatic rings. The SMILES string of the molecule is Brc1ccc(OCC2COCc3c(C4CC4)nnn32)cc1. The first kappa shape index (κ1) is 13.3. The third kappa shape index (κ3) is 2.70.